The largest absolute Gasteiger partial charge is 0.401 e. The summed E-state index contributed by atoms with van der Waals surface area (Å²) >= 11 is 0. The van der Waals surface area contributed by atoms with E-state index in [4.69, 9.17) is 11.1 Å². The molecule has 138 valence electrons. The van der Waals surface area contributed by atoms with Gasteiger partial charge in [0.25, 0.3) is 0 Å². The predicted octanol–water partition coefficient (Wildman–Crippen LogP) is 1.82. The summed E-state index contributed by atoms with van der Waals surface area (Å²) in [6.45, 7) is 0.430. The van der Waals surface area contributed by atoms with E-state index >= 15 is 0 Å². The third kappa shape index (κ3) is 5.18. The molecular weight excluding hydrogens is 335 g/mol. The second kappa shape index (κ2) is 7.03. The monoisotopic (exact) mass is 357 g/mol. The second-order valence-electron chi connectivity index (χ2n) is 6.56. The van der Waals surface area contributed by atoms with E-state index in [1.165, 1.54) is 4.90 Å². The molecule has 4 N–H and O–H groups in total. The Kier molecular flexibility index (Phi) is 4.98. The fourth-order valence-electron chi connectivity index (χ4n) is 2.89. The zero-order valence-corrected chi connectivity index (χ0v) is 13.8. The lowest BCUT2D eigenvalue weighted by Gasteiger charge is -2.36. The highest BCUT2D eigenvalue weighted by Crippen LogP contribution is 2.39. The molecule has 7 nitrogen and oxygen atoms in total. The molecule has 2 heterocycles. The van der Waals surface area contributed by atoms with Crippen LogP contribution in [0.1, 0.15) is 30.9 Å². The molecule has 1 aliphatic carbocycles. The summed E-state index contributed by atoms with van der Waals surface area (Å²) in [6, 6.07) is 1.87. The molecule has 1 aromatic heterocycles. The van der Waals surface area contributed by atoms with Crippen LogP contribution in [-0.2, 0) is 0 Å². The molecule has 10 heteroatoms. The zero-order valence-electron chi connectivity index (χ0n) is 13.8. The van der Waals surface area contributed by atoms with Crippen molar-refractivity contribution >= 4 is 17.5 Å². The highest BCUT2D eigenvalue weighted by molar-refractivity contribution is 6.01. The van der Waals surface area contributed by atoms with E-state index in [0.29, 0.717) is 24.8 Å². The normalized spacial score (nSPS) is 20.1. The van der Waals surface area contributed by atoms with Crippen LogP contribution in [0.15, 0.2) is 11.1 Å². The van der Waals surface area contributed by atoms with Gasteiger partial charge in [0, 0.05) is 43.9 Å². The summed E-state index contributed by atoms with van der Waals surface area (Å²) in [5, 5.41) is 15.1. The minimum absolute atomic E-state index is 0.158. The van der Waals surface area contributed by atoms with Gasteiger partial charge in [-0.15, -0.1) is 0 Å². The van der Waals surface area contributed by atoms with Crippen molar-refractivity contribution in [3.8, 4) is 0 Å². The van der Waals surface area contributed by atoms with Crippen molar-refractivity contribution < 1.29 is 13.2 Å². The number of piperazine rings is 1. The van der Waals surface area contributed by atoms with Crippen molar-refractivity contribution in [3.05, 3.63) is 11.8 Å². The number of H-pyrrole nitrogens is 1. The van der Waals surface area contributed by atoms with Gasteiger partial charge >= 0.3 is 6.18 Å². The number of nitrogens with two attached hydrogens (primary N) is 1. The molecule has 1 aromatic rings. The van der Waals surface area contributed by atoms with E-state index in [-0.39, 0.29) is 31.2 Å². The summed E-state index contributed by atoms with van der Waals surface area (Å²) in [4.78, 5) is 7.31. The molecule has 1 saturated carbocycles. The van der Waals surface area contributed by atoms with Crippen LogP contribution < -0.4 is 5.73 Å². The first-order valence-corrected chi connectivity index (χ1v) is 8.30. The standard InChI is InChI=1S/C15H22F3N7/c16-15(17,18)9-24-3-5-25(6-4-24)13(20)8-12(19)21-14-7-11(22-23-14)10-1-2-10/h7,10,20H,1-6,8-9H2,(H3,19,21,22,23). The van der Waals surface area contributed by atoms with Crippen molar-refractivity contribution in [1.29, 1.82) is 5.41 Å². The fraction of sp³-hybridized carbons (Fsp3) is 0.667. The Bertz CT molecular complexity index is 640. The minimum Gasteiger partial charge on any atom is -0.387 e. The Morgan fingerprint density at radius 3 is 2.60 bits per heavy atom. The van der Waals surface area contributed by atoms with E-state index < -0.39 is 12.7 Å². The maximum absolute atomic E-state index is 12.4. The van der Waals surface area contributed by atoms with Gasteiger partial charge in [-0.05, 0) is 12.8 Å². The van der Waals surface area contributed by atoms with Crippen molar-refractivity contribution in [1.82, 2.24) is 20.0 Å². The van der Waals surface area contributed by atoms with Gasteiger partial charge in [-0.3, -0.25) is 15.4 Å². The molecular formula is C15H22F3N7. The number of alkyl halides is 3. The Morgan fingerprint density at radius 2 is 2.00 bits per heavy atom. The van der Waals surface area contributed by atoms with Gasteiger partial charge in [-0.2, -0.15) is 18.3 Å². The molecule has 0 atom stereocenters. The number of halogens is 3. The number of aromatic nitrogens is 2. The Balaban J connectivity index is 1.47. The first-order chi connectivity index (χ1) is 11.8. The molecule has 0 unspecified atom stereocenters. The van der Waals surface area contributed by atoms with Crippen LogP contribution in [0.25, 0.3) is 0 Å². The molecule has 0 amide bonds. The van der Waals surface area contributed by atoms with Crippen molar-refractivity contribution in [2.75, 3.05) is 32.7 Å². The number of hydrogen-bond acceptors (Lipinski definition) is 4. The van der Waals surface area contributed by atoms with Crippen molar-refractivity contribution in [3.63, 3.8) is 0 Å². The first-order valence-electron chi connectivity index (χ1n) is 8.30. The second-order valence-corrected chi connectivity index (χ2v) is 6.56. The number of rotatable bonds is 5. The van der Waals surface area contributed by atoms with Gasteiger partial charge < -0.3 is 10.6 Å². The van der Waals surface area contributed by atoms with Crippen LogP contribution in [0.5, 0.6) is 0 Å². The van der Waals surface area contributed by atoms with E-state index in [1.807, 2.05) is 6.07 Å². The van der Waals surface area contributed by atoms with Gasteiger partial charge in [-0.1, -0.05) is 0 Å². The van der Waals surface area contributed by atoms with E-state index in [0.717, 1.165) is 18.5 Å². The zero-order chi connectivity index (χ0) is 18.0. The van der Waals surface area contributed by atoms with Gasteiger partial charge in [0.2, 0.25) is 0 Å². The summed E-state index contributed by atoms with van der Waals surface area (Å²) in [7, 11) is 0. The number of amidine groups is 2. The van der Waals surface area contributed by atoms with Crippen LogP contribution in [0, 0.1) is 5.41 Å². The van der Waals surface area contributed by atoms with Gasteiger partial charge in [0.15, 0.2) is 5.82 Å². The lowest BCUT2D eigenvalue weighted by molar-refractivity contribution is -0.148. The fourth-order valence-corrected chi connectivity index (χ4v) is 2.89. The number of nitrogens with zero attached hydrogens (tertiary/aromatic N) is 4. The van der Waals surface area contributed by atoms with Gasteiger partial charge in [0.1, 0.15) is 11.7 Å². The predicted molar refractivity (Wildman–Crippen MR) is 88.3 cm³/mol. The highest BCUT2D eigenvalue weighted by atomic mass is 19.4. The highest BCUT2D eigenvalue weighted by Gasteiger charge is 2.32. The molecule has 0 bridgehead atoms. The molecule has 1 saturated heterocycles. The van der Waals surface area contributed by atoms with Crippen LogP contribution >= 0.6 is 0 Å². The molecule has 25 heavy (non-hydrogen) atoms. The van der Waals surface area contributed by atoms with Crippen molar-refractivity contribution in [2.24, 2.45) is 10.7 Å². The van der Waals surface area contributed by atoms with Crippen LogP contribution in [0.2, 0.25) is 0 Å². The average molecular weight is 357 g/mol. The number of aromatic amines is 1. The third-order valence-corrected chi connectivity index (χ3v) is 4.36. The molecule has 0 radical (unpaired) electrons. The van der Waals surface area contributed by atoms with Gasteiger partial charge in [-0.25, -0.2) is 4.99 Å². The molecule has 0 spiro atoms. The summed E-state index contributed by atoms with van der Waals surface area (Å²) in [6.07, 6.45) is -1.71. The Morgan fingerprint density at radius 1 is 1.32 bits per heavy atom. The maximum Gasteiger partial charge on any atom is 0.401 e. The molecule has 1 aliphatic heterocycles. The topological polar surface area (TPSA) is 97.4 Å². The third-order valence-electron chi connectivity index (χ3n) is 4.36. The quantitative estimate of drug-likeness (QED) is 0.553. The molecule has 2 aliphatic rings. The summed E-state index contributed by atoms with van der Waals surface area (Å²) in [5.74, 6) is 1.59. The van der Waals surface area contributed by atoms with Crippen LogP contribution in [0.4, 0.5) is 19.0 Å². The summed E-state index contributed by atoms with van der Waals surface area (Å²) < 4.78 is 37.2. The van der Waals surface area contributed by atoms with Crippen LogP contribution in [0.3, 0.4) is 0 Å². The molecule has 2 fully saturated rings. The number of aliphatic imine (C=N–C) groups is 1. The smallest absolute Gasteiger partial charge is 0.387 e. The van der Waals surface area contributed by atoms with E-state index in [1.54, 1.807) is 4.90 Å². The lowest BCUT2D eigenvalue weighted by Crippen LogP contribution is -2.51. The maximum atomic E-state index is 12.4. The number of hydrogen-bond donors (Lipinski definition) is 3. The minimum atomic E-state index is -4.18. The van der Waals surface area contributed by atoms with Gasteiger partial charge in [0.05, 0.1) is 13.0 Å². The Hall–Kier alpha value is -2.10. The van der Waals surface area contributed by atoms with E-state index in [2.05, 4.69) is 15.2 Å². The average Bonchev–Trinajstić information content (AvgIpc) is 3.27. The lowest BCUT2D eigenvalue weighted by atomic mass is 10.2. The molecule has 3 rings (SSSR count). The van der Waals surface area contributed by atoms with Crippen molar-refractivity contribution in [2.45, 2.75) is 31.4 Å². The first kappa shape index (κ1) is 17.7. The molecule has 0 aromatic carbocycles. The summed E-state index contributed by atoms with van der Waals surface area (Å²) in [5.41, 5.74) is 6.95. The number of nitrogens with one attached hydrogen (secondary N) is 2. The Labute approximate surface area is 143 Å². The SMILES string of the molecule is N=C(CC(N)=Nc1cc(C2CC2)[nH]n1)N1CCN(CC(F)(F)F)CC1. The van der Waals surface area contributed by atoms with Crippen LogP contribution in [-0.4, -0.2) is 70.6 Å². The van der Waals surface area contributed by atoms with E-state index in [9.17, 15) is 13.2 Å².